The van der Waals surface area contributed by atoms with Crippen LogP contribution in [0.1, 0.15) is 187 Å². The van der Waals surface area contributed by atoms with Crippen LogP contribution in [-0.4, -0.2) is 142 Å². The minimum atomic E-state index is -1.71. The van der Waals surface area contributed by atoms with Crippen LogP contribution in [0.2, 0.25) is 0 Å². The highest BCUT2D eigenvalue weighted by molar-refractivity contribution is 5.69. The van der Waals surface area contributed by atoms with E-state index in [2.05, 4.69) is 62.5 Å². The van der Waals surface area contributed by atoms with Crippen molar-refractivity contribution in [2.24, 2.45) is 0 Å². The van der Waals surface area contributed by atoms with Crippen LogP contribution < -0.4 is 0 Å². The Bertz CT molecular complexity index is 1310. The Morgan fingerprint density at radius 1 is 0.500 bits per heavy atom. The number of aliphatic hydroxyl groups is 7. The van der Waals surface area contributed by atoms with Crippen molar-refractivity contribution < 1.29 is 69.0 Å². The summed E-state index contributed by atoms with van der Waals surface area (Å²) in [4.78, 5) is 13.0. The molecule has 0 amide bonds. The van der Waals surface area contributed by atoms with Gasteiger partial charge < -0.3 is 64.2 Å². The molecule has 2 heterocycles. The maximum absolute atomic E-state index is 13.0. The lowest BCUT2D eigenvalue weighted by Crippen LogP contribution is -2.61. The summed E-state index contributed by atoms with van der Waals surface area (Å²) in [5, 5.41) is 72.2. The molecule has 11 atom stereocenters. The Morgan fingerprint density at radius 3 is 1.50 bits per heavy atom. The van der Waals surface area contributed by atoms with Crippen molar-refractivity contribution in [2.75, 3.05) is 33.0 Å². The van der Waals surface area contributed by atoms with Crippen LogP contribution in [0.15, 0.2) is 48.6 Å². The van der Waals surface area contributed by atoms with E-state index in [0.29, 0.717) is 13.0 Å². The first kappa shape index (κ1) is 62.1. The first-order valence-electron chi connectivity index (χ1n) is 26.7. The zero-order valence-electron chi connectivity index (χ0n) is 42.1. The van der Waals surface area contributed by atoms with E-state index >= 15 is 0 Å². The molecular weight excluding hydrogens is 873 g/mol. The summed E-state index contributed by atoms with van der Waals surface area (Å²) in [5.74, 6) is -0.382. The van der Waals surface area contributed by atoms with Gasteiger partial charge in [0, 0.05) is 13.0 Å². The number of unbranched alkanes of at least 4 members (excludes halogenated alkanes) is 20. The molecule has 2 fully saturated rings. The molecule has 2 saturated heterocycles. The van der Waals surface area contributed by atoms with Gasteiger partial charge in [-0.25, -0.2) is 0 Å². The Balaban J connectivity index is 1.76. The predicted octanol–water partition coefficient (Wildman–Crippen LogP) is 8.35. The number of aliphatic hydroxyl groups excluding tert-OH is 7. The highest BCUT2D eigenvalue weighted by Gasteiger charge is 2.47. The summed E-state index contributed by atoms with van der Waals surface area (Å²) >= 11 is 0. The van der Waals surface area contributed by atoms with Crippen LogP contribution in [0.5, 0.6) is 0 Å². The number of hydrogen-bond acceptors (Lipinski definition) is 14. The molecule has 0 aliphatic carbocycles. The topological polar surface area (TPSA) is 214 Å². The Kier molecular flexibility index (Phi) is 37.9. The van der Waals surface area contributed by atoms with E-state index in [1.54, 1.807) is 0 Å². The molecule has 0 saturated carbocycles. The van der Waals surface area contributed by atoms with Crippen LogP contribution in [0.25, 0.3) is 0 Å². The van der Waals surface area contributed by atoms with Crippen molar-refractivity contribution >= 4 is 5.97 Å². The van der Waals surface area contributed by atoms with Gasteiger partial charge >= 0.3 is 5.97 Å². The van der Waals surface area contributed by atoms with E-state index in [-0.39, 0.29) is 25.6 Å². The molecule has 0 bridgehead atoms. The average Bonchev–Trinajstić information content (AvgIpc) is 3.33. The highest BCUT2D eigenvalue weighted by atomic mass is 16.7. The molecule has 0 spiro atoms. The zero-order chi connectivity index (χ0) is 49.5. The maximum Gasteiger partial charge on any atom is 0.306 e. The number of hydrogen-bond donors (Lipinski definition) is 7. The van der Waals surface area contributed by atoms with Gasteiger partial charge in [0.2, 0.25) is 0 Å². The average molecular weight is 969 g/mol. The first-order valence-corrected chi connectivity index (χ1v) is 26.7. The van der Waals surface area contributed by atoms with Gasteiger partial charge in [0.05, 0.1) is 26.4 Å². The minimum absolute atomic E-state index is 0.0498. The van der Waals surface area contributed by atoms with Gasteiger partial charge in [-0.2, -0.15) is 0 Å². The van der Waals surface area contributed by atoms with Crippen LogP contribution in [-0.2, 0) is 33.2 Å². The van der Waals surface area contributed by atoms with Crippen LogP contribution in [0.4, 0.5) is 0 Å². The quantitative estimate of drug-likeness (QED) is 0.0174. The molecule has 396 valence electrons. The van der Waals surface area contributed by atoms with Gasteiger partial charge in [-0.3, -0.25) is 4.79 Å². The fourth-order valence-electron chi connectivity index (χ4n) is 8.28. The Labute approximate surface area is 410 Å². The van der Waals surface area contributed by atoms with Crippen molar-refractivity contribution in [1.29, 1.82) is 0 Å². The van der Waals surface area contributed by atoms with E-state index in [0.717, 1.165) is 83.5 Å². The smallest absolute Gasteiger partial charge is 0.306 e. The molecule has 14 heteroatoms. The molecule has 0 radical (unpaired) electrons. The SMILES string of the molecule is CC/C=C\C/C=C\C/C=C\C/C=C\CCCCCCCOCC(COC1OC(COC2OC(CO)C(O)C(O)C2O)C(O)C(O)C1O)OC(=O)CCCCCCCCCCCCCCCCCC. The number of carbonyl (C=O) groups excluding carboxylic acids is 1. The minimum Gasteiger partial charge on any atom is -0.457 e. The van der Waals surface area contributed by atoms with Crippen molar-refractivity contribution in [3.63, 3.8) is 0 Å². The number of rotatable bonds is 42. The van der Waals surface area contributed by atoms with Crippen LogP contribution in [0, 0.1) is 0 Å². The third-order valence-electron chi connectivity index (χ3n) is 12.6. The second-order valence-electron chi connectivity index (χ2n) is 18.7. The maximum atomic E-state index is 13.0. The standard InChI is InChI=1S/C54H96O14/c1-3-5-7-9-11-13-15-17-19-21-22-24-26-28-30-32-34-36-38-63-40-43(66-46(56)37-35-33-31-29-27-25-23-20-18-16-14-12-10-8-6-4-2)41-64-53-52(62)50(60)48(58)45(68-53)42-65-54-51(61)49(59)47(57)44(39-55)67-54/h5,7,11,13,17,19,22,24,43-45,47-55,57-62H,3-4,6,8-10,12,14-16,18,20-21,23,25-42H2,1-2H3/b7-5-,13-11-,19-17-,24-22-. The predicted molar refractivity (Wildman–Crippen MR) is 266 cm³/mol. The molecule has 2 rings (SSSR count). The number of allylic oxidation sites excluding steroid dienone is 8. The van der Waals surface area contributed by atoms with E-state index in [1.807, 2.05) is 0 Å². The van der Waals surface area contributed by atoms with Crippen molar-refractivity contribution in [1.82, 2.24) is 0 Å². The molecule has 2 aliphatic rings. The molecule has 0 aromatic heterocycles. The molecule has 14 nitrogen and oxygen atoms in total. The van der Waals surface area contributed by atoms with Gasteiger partial charge in [-0.15, -0.1) is 0 Å². The normalized spacial score (nSPS) is 26.2. The van der Waals surface area contributed by atoms with E-state index in [1.165, 1.54) is 77.0 Å². The van der Waals surface area contributed by atoms with Crippen molar-refractivity contribution in [2.45, 2.75) is 255 Å². The summed E-state index contributed by atoms with van der Waals surface area (Å²) in [7, 11) is 0. The van der Waals surface area contributed by atoms with Crippen molar-refractivity contribution in [3.8, 4) is 0 Å². The lowest BCUT2D eigenvalue weighted by atomic mass is 9.98. The molecule has 0 aromatic rings. The summed E-state index contributed by atoms with van der Waals surface area (Å²) in [5.41, 5.74) is 0. The second-order valence-corrected chi connectivity index (χ2v) is 18.7. The second kappa shape index (κ2) is 41.6. The van der Waals surface area contributed by atoms with Crippen molar-refractivity contribution in [3.05, 3.63) is 48.6 Å². The third-order valence-corrected chi connectivity index (χ3v) is 12.6. The fourth-order valence-corrected chi connectivity index (χ4v) is 8.28. The fraction of sp³-hybridized carbons (Fsp3) is 0.833. The lowest BCUT2D eigenvalue weighted by molar-refractivity contribution is -0.332. The first-order chi connectivity index (χ1) is 33.1. The monoisotopic (exact) mass is 969 g/mol. The van der Waals surface area contributed by atoms with Gasteiger partial charge in [-0.1, -0.05) is 178 Å². The highest BCUT2D eigenvalue weighted by Crippen LogP contribution is 2.26. The summed E-state index contributed by atoms with van der Waals surface area (Å²) in [6.45, 7) is 3.54. The number of ether oxygens (including phenoxy) is 6. The van der Waals surface area contributed by atoms with Crippen LogP contribution >= 0.6 is 0 Å². The summed E-state index contributed by atoms with van der Waals surface area (Å²) in [6, 6.07) is 0. The lowest BCUT2D eigenvalue weighted by Gasteiger charge is -2.42. The molecule has 0 aromatic carbocycles. The number of esters is 1. The largest absolute Gasteiger partial charge is 0.457 e. The molecular formula is C54H96O14. The summed E-state index contributed by atoms with van der Waals surface area (Å²) < 4.78 is 34.3. The molecule has 11 unspecified atom stereocenters. The van der Waals surface area contributed by atoms with E-state index in [4.69, 9.17) is 28.4 Å². The van der Waals surface area contributed by atoms with E-state index in [9.17, 15) is 40.5 Å². The van der Waals surface area contributed by atoms with Gasteiger partial charge in [0.15, 0.2) is 12.6 Å². The van der Waals surface area contributed by atoms with E-state index < -0.39 is 80.7 Å². The molecule has 7 N–H and O–H groups in total. The molecule has 68 heavy (non-hydrogen) atoms. The Hall–Kier alpha value is -2.05. The summed E-state index contributed by atoms with van der Waals surface area (Å²) in [6.07, 6.45) is 31.7. The number of carbonyl (C=O) groups is 1. The zero-order valence-corrected chi connectivity index (χ0v) is 42.1. The van der Waals surface area contributed by atoms with Gasteiger partial charge in [0.1, 0.15) is 54.9 Å². The third kappa shape index (κ3) is 28.7. The molecule has 2 aliphatic heterocycles. The van der Waals surface area contributed by atoms with Crippen LogP contribution in [0.3, 0.4) is 0 Å². The van der Waals surface area contributed by atoms with Gasteiger partial charge in [0.25, 0.3) is 0 Å². The van der Waals surface area contributed by atoms with Gasteiger partial charge in [-0.05, 0) is 51.4 Å². The Morgan fingerprint density at radius 2 is 0.956 bits per heavy atom.